The van der Waals surface area contributed by atoms with Crippen molar-refractivity contribution in [2.45, 2.75) is 26.7 Å². The zero-order chi connectivity index (χ0) is 13.0. The molecule has 0 spiro atoms. The van der Waals surface area contributed by atoms with E-state index in [0.29, 0.717) is 11.6 Å². The van der Waals surface area contributed by atoms with Gasteiger partial charge in [-0.2, -0.15) is 0 Å². The summed E-state index contributed by atoms with van der Waals surface area (Å²) in [6, 6.07) is 1.70. The molecule has 1 aliphatic heterocycles. The van der Waals surface area contributed by atoms with Crippen LogP contribution in [0.5, 0.6) is 0 Å². The molecular weight excluding hydrogens is 228 g/mol. The highest BCUT2D eigenvalue weighted by Gasteiger charge is 2.21. The second-order valence-corrected chi connectivity index (χ2v) is 4.41. The molecule has 1 amide bonds. The van der Waals surface area contributed by atoms with Gasteiger partial charge in [0.2, 0.25) is 5.95 Å². The van der Waals surface area contributed by atoms with E-state index in [2.05, 4.69) is 23.8 Å². The molecule has 2 rings (SSSR count). The number of amides is 1. The van der Waals surface area contributed by atoms with Gasteiger partial charge >= 0.3 is 0 Å². The van der Waals surface area contributed by atoms with E-state index in [0.717, 1.165) is 39.0 Å². The van der Waals surface area contributed by atoms with Crippen molar-refractivity contribution in [2.75, 3.05) is 31.1 Å². The molecule has 0 atom stereocenters. The first-order valence-electron chi connectivity index (χ1n) is 6.63. The molecule has 0 bridgehead atoms. The first-order chi connectivity index (χ1) is 8.76. The summed E-state index contributed by atoms with van der Waals surface area (Å²) < 4.78 is 0. The summed E-state index contributed by atoms with van der Waals surface area (Å²) in [6.07, 6.45) is 3.86. The molecule has 0 radical (unpaired) electrons. The summed E-state index contributed by atoms with van der Waals surface area (Å²) in [5.74, 6) is 0.674. The minimum absolute atomic E-state index is 0.0308. The number of anilines is 1. The zero-order valence-electron chi connectivity index (χ0n) is 11.1. The molecule has 98 valence electrons. The lowest BCUT2D eigenvalue weighted by molar-refractivity contribution is 0.0787. The highest BCUT2D eigenvalue weighted by molar-refractivity contribution is 5.92. The van der Waals surface area contributed by atoms with Gasteiger partial charge in [0.1, 0.15) is 5.69 Å². The number of carbonyl (C=O) groups is 1. The smallest absolute Gasteiger partial charge is 0.272 e. The van der Waals surface area contributed by atoms with Crippen molar-refractivity contribution in [3.05, 3.63) is 18.0 Å². The molecule has 1 saturated heterocycles. The third kappa shape index (κ3) is 2.60. The summed E-state index contributed by atoms with van der Waals surface area (Å²) in [6.45, 7) is 7.51. The Bertz CT molecular complexity index is 411. The third-order valence-electron chi connectivity index (χ3n) is 3.30. The largest absolute Gasteiger partial charge is 0.341 e. The molecule has 0 N–H and O–H groups in total. The van der Waals surface area contributed by atoms with Gasteiger partial charge in [-0.3, -0.25) is 4.79 Å². The Morgan fingerprint density at radius 3 is 2.61 bits per heavy atom. The van der Waals surface area contributed by atoms with E-state index in [1.807, 2.05) is 9.80 Å². The predicted molar refractivity (Wildman–Crippen MR) is 70.7 cm³/mol. The molecule has 0 aromatic carbocycles. The minimum Gasteiger partial charge on any atom is -0.341 e. The fraction of sp³-hybridized carbons (Fsp3) is 0.615. The number of hydrogen-bond donors (Lipinski definition) is 0. The van der Waals surface area contributed by atoms with Crippen LogP contribution >= 0.6 is 0 Å². The van der Waals surface area contributed by atoms with Crippen LogP contribution in [0.3, 0.4) is 0 Å². The fourth-order valence-electron chi connectivity index (χ4n) is 2.21. The highest BCUT2D eigenvalue weighted by Crippen LogP contribution is 2.13. The first kappa shape index (κ1) is 12.8. The van der Waals surface area contributed by atoms with Crippen LogP contribution in [0.2, 0.25) is 0 Å². The maximum Gasteiger partial charge on any atom is 0.272 e. The van der Waals surface area contributed by atoms with E-state index in [-0.39, 0.29) is 5.91 Å². The lowest BCUT2D eigenvalue weighted by Gasteiger charge is -2.19. The maximum absolute atomic E-state index is 12.2. The SMILES string of the molecule is CCN(CC)c1nccc(C(=O)N2CCCC2)n1. The molecule has 0 aliphatic carbocycles. The van der Waals surface area contributed by atoms with Gasteiger partial charge in [-0.1, -0.05) is 0 Å². The number of rotatable bonds is 4. The predicted octanol–water partition coefficient (Wildman–Crippen LogP) is 1.56. The zero-order valence-corrected chi connectivity index (χ0v) is 11.1. The number of likely N-dealkylation sites (tertiary alicyclic amines) is 1. The number of aromatic nitrogens is 2. The number of carbonyl (C=O) groups excluding carboxylic acids is 1. The molecule has 18 heavy (non-hydrogen) atoms. The quantitative estimate of drug-likeness (QED) is 0.811. The molecule has 1 aromatic heterocycles. The van der Waals surface area contributed by atoms with Gasteiger partial charge in [0.25, 0.3) is 5.91 Å². The fourth-order valence-corrected chi connectivity index (χ4v) is 2.21. The van der Waals surface area contributed by atoms with Crippen LogP contribution in [0.4, 0.5) is 5.95 Å². The molecule has 5 nitrogen and oxygen atoms in total. The molecule has 0 saturated carbocycles. The van der Waals surface area contributed by atoms with Gasteiger partial charge in [-0.05, 0) is 32.8 Å². The van der Waals surface area contributed by atoms with Gasteiger partial charge < -0.3 is 9.80 Å². The summed E-state index contributed by atoms with van der Waals surface area (Å²) in [5.41, 5.74) is 0.508. The third-order valence-corrected chi connectivity index (χ3v) is 3.30. The number of nitrogens with zero attached hydrogens (tertiary/aromatic N) is 4. The lowest BCUT2D eigenvalue weighted by atomic mass is 10.3. The van der Waals surface area contributed by atoms with Crippen molar-refractivity contribution in [1.29, 1.82) is 0 Å². The second-order valence-electron chi connectivity index (χ2n) is 4.41. The molecule has 0 unspecified atom stereocenters. The van der Waals surface area contributed by atoms with Crippen molar-refractivity contribution in [1.82, 2.24) is 14.9 Å². The van der Waals surface area contributed by atoms with Gasteiger partial charge in [-0.15, -0.1) is 0 Å². The average Bonchev–Trinajstić information content (AvgIpc) is 2.94. The van der Waals surface area contributed by atoms with Crippen LogP contribution in [-0.4, -0.2) is 47.0 Å². The number of hydrogen-bond acceptors (Lipinski definition) is 4. The second kappa shape index (κ2) is 5.80. The Labute approximate surface area is 108 Å². The van der Waals surface area contributed by atoms with Crippen LogP contribution in [0.1, 0.15) is 37.2 Å². The highest BCUT2D eigenvalue weighted by atomic mass is 16.2. The lowest BCUT2D eigenvalue weighted by Crippen LogP contribution is -2.30. The molecule has 1 fully saturated rings. The van der Waals surface area contributed by atoms with Crippen molar-refractivity contribution in [2.24, 2.45) is 0 Å². The standard InChI is InChI=1S/C13H20N4O/c1-3-16(4-2)13-14-8-7-11(15-13)12(18)17-9-5-6-10-17/h7-8H,3-6,9-10H2,1-2H3. The van der Waals surface area contributed by atoms with Crippen LogP contribution in [0.25, 0.3) is 0 Å². The molecule has 2 heterocycles. The summed E-state index contributed by atoms with van der Waals surface area (Å²) in [5, 5.41) is 0. The van der Waals surface area contributed by atoms with Gasteiger partial charge in [-0.25, -0.2) is 9.97 Å². The minimum atomic E-state index is 0.0308. The Balaban J connectivity index is 2.18. The van der Waals surface area contributed by atoms with Gasteiger partial charge in [0.15, 0.2) is 0 Å². The molecular formula is C13H20N4O. The van der Waals surface area contributed by atoms with Crippen molar-refractivity contribution < 1.29 is 4.79 Å². The van der Waals surface area contributed by atoms with Gasteiger partial charge in [0, 0.05) is 32.4 Å². The Morgan fingerprint density at radius 1 is 1.33 bits per heavy atom. The summed E-state index contributed by atoms with van der Waals surface area (Å²) in [7, 11) is 0. The molecule has 1 aromatic rings. The van der Waals surface area contributed by atoms with E-state index >= 15 is 0 Å². The van der Waals surface area contributed by atoms with E-state index in [1.165, 1.54) is 0 Å². The summed E-state index contributed by atoms with van der Waals surface area (Å²) >= 11 is 0. The first-order valence-corrected chi connectivity index (χ1v) is 6.63. The Hall–Kier alpha value is -1.65. The van der Waals surface area contributed by atoms with Crippen LogP contribution in [0, 0.1) is 0 Å². The molecule has 5 heteroatoms. The Kier molecular flexibility index (Phi) is 4.12. The van der Waals surface area contributed by atoms with Crippen LogP contribution in [-0.2, 0) is 0 Å². The van der Waals surface area contributed by atoms with E-state index in [1.54, 1.807) is 12.3 Å². The van der Waals surface area contributed by atoms with Crippen molar-refractivity contribution in [3.8, 4) is 0 Å². The van der Waals surface area contributed by atoms with E-state index in [4.69, 9.17) is 0 Å². The van der Waals surface area contributed by atoms with Crippen molar-refractivity contribution in [3.63, 3.8) is 0 Å². The summed E-state index contributed by atoms with van der Waals surface area (Å²) in [4.78, 5) is 24.7. The van der Waals surface area contributed by atoms with Gasteiger partial charge in [0.05, 0.1) is 0 Å². The average molecular weight is 248 g/mol. The van der Waals surface area contributed by atoms with E-state index < -0.39 is 0 Å². The molecule has 1 aliphatic rings. The van der Waals surface area contributed by atoms with Crippen molar-refractivity contribution >= 4 is 11.9 Å². The Morgan fingerprint density at radius 2 is 2.00 bits per heavy atom. The monoisotopic (exact) mass is 248 g/mol. The topological polar surface area (TPSA) is 49.3 Å². The normalized spacial score (nSPS) is 14.9. The van der Waals surface area contributed by atoms with Crippen LogP contribution in [0.15, 0.2) is 12.3 Å². The van der Waals surface area contributed by atoms with E-state index in [9.17, 15) is 4.79 Å². The van der Waals surface area contributed by atoms with Crippen LogP contribution < -0.4 is 4.90 Å². The maximum atomic E-state index is 12.2.